The number of hydrogen-bond donors (Lipinski definition) is 2. The second kappa shape index (κ2) is 3.34. The lowest BCUT2D eigenvalue weighted by atomic mass is 10.2. The van der Waals surface area contributed by atoms with E-state index >= 15 is 0 Å². The zero-order valence-corrected chi connectivity index (χ0v) is 8.88. The standard InChI is InChI=1S/C10H12N4O/c1-5-4-6(2)11-9-8(5)10(14-13-9)12-7(3)15/h4H,1-3H3,(H2,11,12,13,14,15). The summed E-state index contributed by atoms with van der Waals surface area (Å²) in [6.07, 6.45) is 0. The Hall–Kier alpha value is -1.91. The smallest absolute Gasteiger partial charge is 0.222 e. The van der Waals surface area contributed by atoms with E-state index in [9.17, 15) is 4.79 Å². The number of aromatic amines is 1. The van der Waals surface area contributed by atoms with Crippen LogP contribution in [-0.2, 0) is 4.79 Å². The highest BCUT2D eigenvalue weighted by atomic mass is 16.1. The van der Waals surface area contributed by atoms with Crippen LogP contribution in [0.4, 0.5) is 5.82 Å². The summed E-state index contributed by atoms with van der Waals surface area (Å²) in [5.74, 6) is 0.408. The monoisotopic (exact) mass is 204 g/mol. The number of nitrogens with one attached hydrogen (secondary N) is 2. The van der Waals surface area contributed by atoms with Gasteiger partial charge in [-0.05, 0) is 25.5 Å². The van der Waals surface area contributed by atoms with Crippen molar-refractivity contribution in [2.24, 2.45) is 0 Å². The van der Waals surface area contributed by atoms with Crippen molar-refractivity contribution < 1.29 is 4.79 Å². The third kappa shape index (κ3) is 1.68. The lowest BCUT2D eigenvalue weighted by Gasteiger charge is -2.00. The van der Waals surface area contributed by atoms with Gasteiger partial charge in [-0.25, -0.2) is 4.98 Å². The van der Waals surface area contributed by atoms with Gasteiger partial charge in [-0.3, -0.25) is 9.89 Å². The molecule has 2 heterocycles. The molecule has 15 heavy (non-hydrogen) atoms. The number of fused-ring (bicyclic) bond motifs is 1. The van der Waals surface area contributed by atoms with E-state index in [2.05, 4.69) is 20.5 Å². The summed E-state index contributed by atoms with van der Waals surface area (Å²) >= 11 is 0. The molecule has 0 saturated heterocycles. The van der Waals surface area contributed by atoms with Gasteiger partial charge in [-0.15, -0.1) is 0 Å². The van der Waals surface area contributed by atoms with Crippen LogP contribution < -0.4 is 5.32 Å². The van der Waals surface area contributed by atoms with Gasteiger partial charge in [0.1, 0.15) is 0 Å². The third-order valence-corrected chi connectivity index (χ3v) is 2.15. The molecule has 0 aliphatic heterocycles. The van der Waals surface area contributed by atoms with Crippen LogP contribution >= 0.6 is 0 Å². The summed E-state index contributed by atoms with van der Waals surface area (Å²) in [7, 11) is 0. The first-order chi connectivity index (χ1) is 7.08. The van der Waals surface area contributed by atoms with Crippen molar-refractivity contribution in [2.45, 2.75) is 20.8 Å². The summed E-state index contributed by atoms with van der Waals surface area (Å²) in [5, 5.41) is 10.4. The average Bonchev–Trinajstić information content (AvgIpc) is 2.46. The van der Waals surface area contributed by atoms with Gasteiger partial charge in [0.25, 0.3) is 0 Å². The number of carbonyl (C=O) groups excluding carboxylic acids is 1. The molecule has 0 aliphatic rings. The Labute approximate surface area is 86.9 Å². The molecule has 5 heteroatoms. The van der Waals surface area contributed by atoms with Gasteiger partial charge in [0.15, 0.2) is 11.5 Å². The quantitative estimate of drug-likeness (QED) is 0.740. The Morgan fingerprint density at radius 1 is 1.47 bits per heavy atom. The second-order valence-electron chi connectivity index (χ2n) is 3.56. The highest BCUT2D eigenvalue weighted by Crippen LogP contribution is 2.23. The second-order valence-corrected chi connectivity index (χ2v) is 3.56. The number of aromatic nitrogens is 3. The van der Waals surface area contributed by atoms with E-state index < -0.39 is 0 Å². The molecule has 0 fully saturated rings. The molecule has 5 nitrogen and oxygen atoms in total. The largest absolute Gasteiger partial charge is 0.309 e. The van der Waals surface area contributed by atoms with Crippen LogP contribution in [0.15, 0.2) is 6.07 Å². The number of hydrogen-bond acceptors (Lipinski definition) is 3. The number of pyridine rings is 1. The number of nitrogens with zero attached hydrogens (tertiary/aromatic N) is 2. The summed E-state index contributed by atoms with van der Waals surface area (Å²) in [5.41, 5.74) is 2.68. The number of carbonyl (C=O) groups is 1. The van der Waals surface area contributed by atoms with Crippen LogP contribution in [0.1, 0.15) is 18.2 Å². The van der Waals surface area contributed by atoms with E-state index in [1.54, 1.807) is 0 Å². The van der Waals surface area contributed by atoms with Crippen LogP contribution in [0.5, 0.6) is 0 Å². The Balaban J connectivity index is 2.63. The Morgan fingerprint density at radius 3 is 2.87 bits per heavy atom. The SMILES string of the molecule is CC(=O)Nc1n[nH]c2nc(C)cc(C)c12. The Bertz CT molecular complexity index is 529. The summed E-state index contributed by atoms with van der Waals surface area (Å²) < 4.78 is 0. The fourth-order valence-corrected chi connectivity index (χ4v) is 1.64. The molecule has 0 bridgehead atoms. The minimum atomic E-state index is -0.136. The molecule has 2 rings (SSSR count). The Kier molecular flexibility index (Phi) is 2.15. The van der Waals surface area contributed by atoms with Gasteiger partial charge in [0.2, 0.25) is 5.91 Å². The van der Waals surface area contributed by atoms with E-state index in [1.165, 1.54) is 6.92 Å². The van der Waals surface area contributed by atoms with E-state index in [-0.39, 0.29) is 5.91 Å². The lowest BCUT2D eigenvalue weighted by molar-refractivity contribution is -0.114. The summed E-state index contributed by atoms with van der Waals surface area (Å²) in [6, 6.07) is 1.96. The zero-order valence-electron chi connectivity index (χ0n) is 8.88. The van der Waals surface area contributed by atoms with Crippen LogP contribution in [0.3, 0.4) is 0 Å². The minimum absolute atomic E-state index is 0.136. The maximum absolute atomic E-state index is 10.9. The minimum Gasteiger partial charge on any atom is -0.309 e. The molecule has 0 unspecified atom stereocenters. The van der Waals surface area contributed by atoms with Gasteiger partial charge >= 0.3 is 0 Å². The number of amides is 1. The number of H-pyrrole nitrogens is 1. The van der Waals surface area contributed by atoms with E-state index in [4.69, 9.17) is 0 Å². The van der Waals surface area contributed by atoms with Crippen molar-refractivity contribution in [1.29, 1.82) is 0 Å². The molecule has 2 N–H and O–H groups in total. The molecule has 0 aromatic carbocycles. The normalized spacial score (nSPS) is 10.6. The number of aryl methyl sites for hydroxylation is 2. The van der Waals surface area contributed by atoms with Crippen molar-refractivity contribution in [3.05, 3.63) is 17.3 Å². The summed E-state index contributed by atoms with van der Waals surface area (Å²) in [4.78, 5) is 15.2. The van der Waals surface area contributed by atoms with Crippen molar-refractivity contribution in [3.8, 4) is 0 Å². The first-order valence-electron chi connectivity index (χ1n) is 4.68. The predicted molar refractivity (Wildman–Crippen MR) is 57.7 cm³/mol. The molecule has 0 aliphatic carbocycles. The highest BCUT2D eigenvalue weighted by Gasteiger charge is 2.10. The molecule has 1 amide bonds. The number of anilines is 1. The topological polar surface area (TPSA) is 70.7 Å². The first kappa shape index (κ1) is 9.64. The van der Waals surface area contributed by atoms with Crippen molar-refractivity contribution in [1.82, 2.24) is 15.2 Å². The highest BCUT2D eigenvalue weighted by molar-refractivity contribution is 5.99. The molecule has 0 atom stereocenters. The van der Waals surface area contributed by atoms with Gasteiger partial charge in [-0.2, -0.15) is 5.10 Å². The van der Waals surface area contributed by atoms with Gasteiger partial charge in [-0.1, -0.05) is 0 Å². The maximum Gasteiger partial charge on any atom is 0.222 e. The predicted octanol–water partition coefficient (Wildman–Crippen LogP) is 1.53. The van der Waals surface area contributed by atoms with E-state index in [1.807, 2.05) is 19.9 Å². The van der Waals surface area contributed by atoms with Crippen molar-refractivity contribution in [3.63, 3.8) is 0 Å². The van der Waals surface area contributed by atoms with E-state index in [0.717, 1.165) is 16.6 Å². The van der Waals surface area contributed by atoms with Crippen LogP contribution in [-0.4, -0.2) is 21.1 Å². The van der Waals surface area contributed by atoms with Gasteiger partial charge in [0, 0.05) is 12.6 Å². The van der Waals surface area contributed by atoms with E-state index in [0.29, 0.717) is 11.5 Å². The fraction of sp³-hybridized carbons (Fsp3) is 0.300. The van der Waals surface area contributed by atoms with Crippen molar-refractivity contribution >= 4 is 22.8 Å². The molecule has 2 aromatic rings. The fourth-order valence-electron chi connectivity index (χ4n) is 1.64. The molecular formula is C10H12N4O. The molecular weight excluding hydrogens is 192 g/mol. The molecule has 0 saturated carbocycles. The maximum atomic E-state index is 10.9. The third-order valence-electron chi connectivity index (χ3n) is 2.15. The Morgan fingerprint density at radius 2 is 2.20 bits per heavy atom. The van der Waals surface area contributed by atoms with Crippen LogP contribution in [0.25, 0.3) is 11.0 Å². The molecule has 0 spiro atoms. The first-order valence-corrected chi connectivity index (χ1v) is 4.68. The zero-order chi connectivity index (χ0) is 11.0. The molecule has 0 radical (unpaired) electrons. The van der Waals surface area contributed by atoms with Crippen molar-refractivity contribution in [2.75, 3.05) is 5.32 Å². The van der Waals surface area contributed by atoms with Gasteiger partial charge in [0.05, 0.1) is 5.39 Å². The van der Waals surface area contributed by atoms with Gasteiger partial charge < -0.3 is 5.32 Å². The molecule has 78 valence electrons. The lowest BCUT2D eigenvalue weighted by Crippen LogP contribution is -2.06. The molecule has 2 aromatic heterocycles. The van der Waals surface area contributed by atoms with Crippen LogP contribution in [0, 0.1) is 13.8 Å². The average molecular weight is 204 g/mol. The van der Waals surface area contributed by atoms with Crippen LogP contribution in [0.2, 0.25) is 0 Å². The summed E-state index contributed by atoms with van der Waals surface area (Å²) in [6.45, 7) is 5.35. The number of rotatable bonds is 1.